The van der Waals surface area contributed by atoms with Crippen molar-refractivity contribution in [1.29, 1.82) is 0 Å². The zero-order valence-electron chi connectivity index (χ0n) is 13.7. The van der Waals surface area contributed by atoms with Gasteiger partial charge in [-0.15, -0.1) is 0 Å². The molecular formula is C15H28N6O. The highest BCUT2D eigenvalue weighted by atomic mass is 16.5. The van der Waals surface area contributed by atoms with E-state index in [0.717, 1.165) is 63.5 Å². The summed E-state index contributed by atoms with van der Waals surface area (Å²) in [6.45, 7) is 8.37. The fraction of sp³-hybridized carbons (Fsp3) is 0.733. The summed E-state index contributed by atoms with van der Waals surface area (Å²) in [6, 6.07) is 0. The number of nitrogens with one attached hydrogen (secondary N) is 1. The van der Waals surface area contributed by atoms with Gasteiger partial charge in [0.2, 0.25) is 0 Å². The van der Waals surface area contributed by atoms with Gasteiger partial charge in [0.1, 0.15) is 0 Å². The van der Waals surface area contributed by atoms with Crippen molar-refractivity contribution in [2.24, 2.45) is 17.8 Å². The maximum atomic E-state index is 5.92. The Balaban J connectivity index is 1.66. The first-order valence-electron chi connectivity index (χ1n) is 8.04. The minimum Gasteiger partial charge on any atom is -0.379 e. The van der Waals surface area contributed by atoms with Crippen LogP contribution in [0.15, 0.2) is 11.2 Å². The van der Waals surface area contributed by atoms with E-state index in [1.54, 1.807) is 0 Å². The maximum absolute atomic E-state index is 5.92. The molecule has 0 unspecified atom stereocenters. The molecule has 7 heteroatoms. The molecule has 7 nitrogen and oxygen atoms in total. The molecule has 1 aliphatic heterocycles. The van der Waals surface area contributed by atoms with Crippen molar-refractivity contribution < 1.29 is 4.74 Å². The van der Waals surface area contributed by atoms with Gasteiger partial charge in [-0.05, 0) is 19.4 Å². The van der Waals surface area contributed by atoms with Gasteiger partial charge in [-0.2, -0.15) is 5.10 Å². The molecule has 0 atom stereocenters. The van der Waals surface area contributed by atoms with Gasteiger partial charge in [-0.3, -0.25) is 9.58 Å². The third-order valence-electron chi connectivity index (χ3n) is 3.81. The molecule has 1 aromatic rings. The number of nitrogens with zero attached hydrogens (tertiary/aromatic N) is 4. The number of guanidine groups is 1. The second-order valence-electron chi connectivity index (χ2n) is 5.56. The first kappa shape index (κ1) is 16.8. The maximum Gasteiger partial charge on any atom is 0.188 e. The third-order valence-corrected chi connectivity index (χ3v) is 3.81. The highest BCUT2D eigenvalue weighted by Crippen LogP contribution is 2.08. The Bertz CT molecular complexity index is 478. The Hall–Kier alpha value is -1.60. The summed E-state index contributed by atoms with van der Waals surface area (Å²) in [5.74, 6) is 0.507. The Morgan fingerprint density at radius 1 is 1.45 bits per heavy atom. The minimum absolute atomic E-state index is 0.507. The second-order valence-corrected chi connectivity index (χ2v) is 5.56. The minimum atomic E-state index is 0.507. The van der Waals surface area contributed by atoms with Crippen molar-refractivity contribution in [3.63, 3.8) is 0 Å². The predicted octanol–water partition coefficient (Wildman–Crippen LogP) is 0.109. The smallest absolute Gasteiger partial charge is 0.188 e. The van der Waals surface area contributed by atoms with Crippen LogP contribution in [0.1, 0.15) is 24.6 Å². The zero-order chi connectivity index (χ0) is 15.8. The molecule has 1 aliphatic rings. The summed E-state index contributed by atoms with van der Waals surface area (Å²) >= 11 is 0. The molecule has 1 fully saturated rings. The second kappa shape index (κ2) is 8.75. The first-order valence-corrected chi connectivity index (χ1v) is 8.04. The Morgan fingerprint density at radius 2 is 2.23 bits per heavy atom. The van der Waals surface area contributed by atoms with Gasteiger partial charge in [0.25, 0.3) is 0 Å². The van der Waals surface area contributed by atoms with Crippen molar-refractivity contribution >= 4 is 5.96 Å². The molecule has 0 bridgehead atoms. The Morgan fingerprint density at radius 3 is 2.95 bits per heavy atom. The molecule has 2 heterocycles. The van der Waals surface area contributed by atoms with Crippen molar-refractivity contribution in [2.45, 2.75) is 26.3 Å². The van der Waals surface area contributed by atoms with E-state index in [9.17, 15) is 0 Å². The number of hydrogen-bond acceptors (Lipinski definition) is 4. The monoisotopic (exact) mass is 308 g/mol. The standard InChI is InChI=1S/C15H28N6O/c1-3-14-13(12-20(2)19-14)11-18-15(16)17-5-4-6-21-7-9-22-10-8-21/h12H,3-11H2,1-2H3,(H3,16,17,18). The van der Waals surface area contributed by atoms with Crippen LogP contribution in [0.4, 0.5) is 0 Å². The van der Waals surface area contributed by atoms with E-state index in [-0.39, 0.29) is 0 Å². The summed E-state index contributed by atoms with van der Waals surface area (Å²) in [4.78, 5) is 6.82. The summed E-state index contributed by atoms with van der Waals surface area (Å²) in [7, 11) is 1.93. The number of ether oxygens (including phenoxy) is 1. The topological polar surface area (TPSA) is 80.7 Å². The molecule has 0 aliphatic carbocycles. The van der Waals surface area contributed by atoms with Crippen molar-refractivity contribution in [2.75, 3.05) is 39.4 Å². The fourth-order valence-electron chi connectivity index (χ4n) is 2.58. The molecule has 0 saturated carbocycles. The lowest BCUT2D eigenvalue weighted by atomic mass is 10.2. The van der Waals surface area contributed by atoms with Crippen LogP contribution < -0.4 is 11.1 Å². The number of nitrogens with two attached hydrogens (primary N) is 1. The van der Waals surface area contributed by atoms with Crippen LogP contribution in [0.2, 0.25) is 0 Å². The zero-order valence-corrected chi connectivity index (χ0v) is 13.7. The number of rotatable bonds is 7. The van der Waals surface area contributed by atoms with Gasteiger partial charge in [-0.1, -0.05) is 6.92 Å². The lowest BCUT2D eigenvalue weighted by molar-refractivity contribution is 0.0376. The lowest BCUT2D eigenvalue weighted by Gasteiger charge is -2.26. The molecule has 124 valence electrons. The Kier molecular flexibility index (Phi) is 6.67. The molecule has 0 radical (unpaired) electrons. The molecule has 0 amide bonds. The molecule has 3 N–H and O–H groups in total. The number of aryl methyl sites for hydroxylation is 2. The van der Waals surface area contributed by atoms with Crippen molar-refractivity contribution in [3.8, 4) is 0 Å². The molecule has 2 rings (SSSR count). The predicted molar refractivity (Wildman–Crippen MR) is 87.8 cm³/mol. The summed E-state index contributed by atoms with van der Waals surface area (Å²) in [5, 5.41) is 7.58. The molecule has 0 aromatic carbocycles. The Labute approximate surface area is 132 Å². The number of aromatic nitrogens is 2. The van der Waals surface area contributed by atoms with E-state index in [4.69, 9.17) is 10.5 Å². The lowest BCUT2D eigenvalue weighted by Crippen LogP contribution is -2.39. The van der Waals surface area contributed by atoms with E-state index in [0.29, 0.717) is 12.5 Å². The molecular weight excluding hydrogens is 280 g/mol. The van der Waals surface area contributed by atoms with Crippen molar-refractivity contribution in [3.05, 3.63) is 17.5 Å². The van der Waals surface area contributed by atoms with Crippen LogP contribution in [-0.2, 0) is 24.8 Å². The molecule has 1 aromatic heterocycles. The van der Waals surface area contributed by atoms with E-state index >= 15 is 0 Å². The largest absolute Gasteiger partial charge is 0.379 e. The van der Waals surface area contributed by atoms with E-state index < -0.39 is 0 Å². The average Bonchev–Trinajstić information content (AvgIpc) is 2.90. The molecule has 22 heavy (non-hydrogen) atoms. The van der Waals surface area contributed by atoms with Gasteiger partial charge in [0, 0.05) is 38.4 Å². The molecule has 1 saturated heterocycles. The highest BCUT2D eigenvalue weighted by molar-refractivity contribution is 5.77. The average molecular weight is 308 g/mol. The van der Waals surface area contributed by atoms with Crippen LogP contribution in [-0.4, -0.2) is 60.0 Å². The summed E-state index contributed by atoms with van der Waals surface area (Å²) < 4.78 is 7.16. The quantitative estimate of drug-likeness (QED) is 0.424. The van der Waals surface area contributed by atoms with Crippen LogP contribution in [0.3, 0.4) is 0 Å². The van der Waals surface area contributed by atoms with Crippen LogP contribution in [0.25, 0.3) is 0 Å². The van der Waals surface area contributed by atoms with E-state index in [1.165, 1.54) is 0 Å². The van der Waals surface area contributed by atoms with E-state index in [2.05, 4.69) is 27.2 Å². The summed E-state index contributed by atoms with van der Waals surface area (Å²) in [5.41, 5.74) is 8.15. The normalized spacial score (nSPS) is 16.9. The number of hydrogen-bond donors (Lipinski definition) is 2. The van der Waals surface area contributed by atoms with Gasteiger partial charge in [0.15, 0.2) is 5.96 Å². The number of aliphatic imine (C=N–C) groups is 1. The van der Waals surface area contributed by atoms with Crippen molar-refractivity contribution in [1.82, 2.24) is 20.0 Å². The van der Waals surface area contributed by atoms with Gasteiger partial charge >= 0.3 is 0 Å². The van der Waals surface area contributed by atoms with Gasteiger partial charge in [-0.25, -0.2) is 4.99 Å². The van der Waals surface area contributed by atoms with Crippen LogP contribution in [0.5, 0.6) is 0 Å². The van der Waals surface area contributed by atoms with Gasteiger partial charge in [0.05, 0.1) is 25.5 Å². The van der Waals surface area contributed by atoms with E-state index in [1.807, 2.05) is 17.9 Å². The highest BCUT2D eigenvalue weighted by Gasteiger charge is 2.09. The number of morpholine rings is 1. The van der Waals surface area contributed by atoms with Crippen LogP contribution in [0, 0.1) is 0 Å². The van der Waals surface area contributed by atoms with Gasteiger partial charge < -0.3 is 15.8 Å². The third kappa shape index (κ3) is 5.31. The fourth-order valence-corrected chi connectivity index (χ4v) is 2.58. The SMILES string of the molecule is CCc1nn(C)cc1CN=C(N)NCCCN1CCOCC1. The first-order chi connectivity index (χ1) is 10.7. The summed E-state index contributed by atoms with van der Waals surface area (Å²) in [6.07, 6.45) is 3.98. The van der Waals surface area contributed by atoms with Crippen LogP contribution >= 0.6 is 0 Å². The molecule has 0 spiro atoms.